The van der Waals surface area contributed by atoms with Gasteiger partial charge >= 0.3 is 6.03 Å². The van der Waals surface area contributed by atoms with Gasteiger partial charge < -0.3 is 15.4 Å². The molecular formula is C24H27N5O4. The van der Waals surface area contributed by atoms with Crippen molar-refractivity contribution in [1.82, 2.24) is 14.5 Å². The highest BCUT2D eigenvalue weighted by atomic mass is 16.5. The van der Waals surface area contributed by atoms with Gasteiger partial charge in [0.05, 0.1) is 30.4 Å². The van der Waals surface area contributed by atoms with Crippen LogP contribution < -0.4 is 16.2 Å². The summed E-state index contributed by atoms with van der Waals surface area (Å²) in [5.41, 5.74) is 1.93. The van der Waals surface area contributed by atoms with Gasteiger partial charge in [0.25, 0.3) is 5.56 Å². The Balaban J connectivity index is 1.42. The number of carbonyl (C=O) groups excluding carboxylic acids is 2. The molecule has 2 amide bonds. The van der Waals surface area contributed by atoms with Crippen LogP contribution in [0, 0.1) is 0 Å². The third kappa shape index (κ3) is 5.82. The molecule has 0 spiro atoms. The van der Waals surface area contributed by atoms with Crippen molar-refractivity contribution in [1.29, 1.82) is 0 Å². The zero-order valence-electron chi connectivity index (χ0n) is 18.5. The van der Waals surface area contributed by atoms with Gasteiger partial charge in [-0.1, -0.05) is 12.1 Å². The smallest absolute Gasteiger partial charge is 0.323 e. The normalized spacial score (nSPS) is 14.2. The molecular weight excluding hydrogens is 422 g/mol. The fourth-order valence-corrected chi connectivity index (χ4v) is 3.79. The number of ether oxygens (including phenoxy) is 1. The molecule has 1 fully saturated rings. The van der Waals surface area contributed by atoms with E-state index in [2.05, 4.69) is 20.5 Å². The lowest BCUT2D eigenvalue weighted by Gasteiger charge is -2.26. The van der Waals surface area contributed by atoms with Crippen LogP contribution in [0.3, 0.4) is 0 Å². The number of morpholine rings is 1. The lowest BCUT2D eigenvalue weighted by Crippen LogP contribution is -2.37. The molecule has 4 rings (SSSR count). The van der Waals surface area contributed by atoms with Crippen LogP contribution in [0.15, 0.2) is 53.6 Å². The highest BCUT2D eigenvalue weighted by Gasteiger charge is 2.11. The molecule has 1 aromatic heterocycles. The average molecular weight is 450 g/mol. The fraction of sp³-hybridized carbons (Fsp3) is 0.333. The molecule has 2 aromatic carbocycles. The van der Waals surface area contributed by atoms with E-state index in [4.69, 9.17) is 4.74 Å². The Morgan fingerprint density at radius 2 is 1.79 bits per heavy atom. The second-order valence-corrected chi connectivity index (χ2v) is 8.00. The number of anilines is 2. The van der Waals surface area contributed by atoms with Crippen molar-refractivity contribution in [2.24, 2.45) is 0 Å². The predicted molar refractivity (Wildman–Crippen MR) is 127 cm³/mol. The van der Waals surface area contributed by atoms with E-state index in [-0.39, 0.29) is 11.3 Å². The van der Waals surface area contributed by atoms with Crippen molar-refractivity contribution >= 4 is 34.1 Å². The summed E-state index contributed by atoms with van der Waals surface area (Å²) in [7, 11) is 0. The Kier molecular flexibility index (Phi) is 7.11. The number of carbonyl (C=O) groups is 2. The van der Waals surface area contributed by atoms with E-state index in [1.165, 1.54) is 6.92 Å². The Bertz CT molecular complexity index is 1220. The summed E-state index contributed by atoms with van der Waals surface area (Å²) in [6.45, 7) is 6.29. The summed E-state index contributed by atoms with van der Waals surface area (Å²) in [5.74, 6) is -0.0812. The van der Waals surface area contributed by atoms with Crippen LogP contribution in [0.5, 0.6) is 0 Å². The molecule has 1 aliphatic heterocycles. The predicted octanol–water partition coefficient (Wildman–Crippen LogP) is 2.97. The van der Waals surface area contributed by atoms with E-state index in [9.17, 15) is 14.4 Å². The topological polar surface area (TPSA) is 106 Å². The Hall–Kier alpha value is -3.56. The van der Waals surface area contributed by atoms with Crippen molar-refractivity contribution in [3.8, 4) is 0 Å². The van der Waals surface area contributed by atoms with Gasteiger partial charge in [-0.2, -0.15) is 0 Å². The number of urea groups is 1. The van der Waals surface area contributed by atoms with E-state index in [0.717, 1.165) is 39.3 Å². The molecule has 0 bridgehead atoms. The molecule has 3 aromatic rings. The fourth-order valence-electron chi connectivity index (χ4n) is 3.79. The minimum atomic E-state index is -0.468. The quantitative estimate of drug-likeness (QED) is 0.537. The minimum Gasteiger partial charge on any atom is -0.379 e. The van der Waals surface area contributed by atoms with E-state index in [0.29, 0.717) is 34.4 Å². The van der Waals surface area contributed by atoms with Gasteiger partial charge in [0.15, 0.2) is 5.78 Å². The standard InChI is InChI=1S/C24H27N5O4/c1-17(30)18-4-2-5-19(14-18)26-24(32)27-20-6-7-22-21(15-20)23(31)29(16-25-22)9-3-8-28-10-12-33-13-11-28/h2,4-7,14-16H,3,8-13H2,1H3,(H2,26,27,32). The van der Waals surface area contributed by atoms with Crippen LogP contribution in [-0.2, 0) is 11.3 Å². The summed E-state index contributed by atoms with van der Waals surface area (Å²) < 4.78 is 6.97. The van der Waals surface area contributed by atoms with E-state index < -0.39 is 6.03 Å². The number of aromatic nitrogens is 2. The summed E-state index contributed by atoms with van der Waals surface area (Å²) in [5, 5.41) is 5.88. The summed E-state index contributed by atoms with van der Waals surface area (Å²) in [6, 6.07) is 11.3. The highest BCUT2D eigenvalue weighted by molar-refractivity contribution is 6.02. The largest absolute Gasteiger partial charge is 0.379 e. The lowest BCUT2D eigenvalue weighted by atomic mass is 10.1. The molecule has 0 unspecified atom stereocenters. The van der Waals surface area contributed by atoms with E-state index >= 15 is 0 Å². The van der Waals surface area contributed by atoms with Crippen molar-refractivity contribution in [2.75, 3.05) is 43.5 Å². The molecule has 0 radical (unpaired) electrons. The molecule has 9 heteroatoms. The monoisotopic (exact) mass is 449 g/mol. The van der Waals surface area contributed by atoms with E-state index in [1.54, 1.807) is 53.4 Å². The molecule has 0 atom stereocenters. The lowest BCUT2D eigenvalue weighted by molar-refractivity contribution is 0.0369. The third-order valence-electron chi connectivity index (χ3n) is 5.59. The van der Waals surface area contributed by atoms with Gasteiger partial charge in [0, 0.05) is 43.1 Å². The van der Waals surface area contributed by atoms with Gasteiger partial charge in [-0.25, -0.2) is 9.78 Å². The van der Waals surface area contributed by atoms with Gasteiger partial charge in [0.1, 0.15) is 0 Å². The molecule has 2 N–H and O–H groups in total. The molecule has 0 saturated carbocycles. The van der Waals surface area contributed by atoms with Gasteiger partial charge in [-0.05, 0) is 43.7 Å². The van der Waals surface area contributed by atoms with Crippen molar-refractivity contribution in [3.05, 3.63) is 64.7 Å². The molecule has 33 heavy (non-hydrogen) atoms. The second-order valence-electron chi connectivity index (χ2n) is 8.00. The molecule has 2 heterocycles. The van der Waals surface area contributed by atoms with Gasteiger partial charge in [0.2, 0.25) is 0 Å². The Morgan fingerprint density at radius 3 is 2.55 bits per heavy atom. The van der Waals surface area contributed by atoms with Crippen molar-refractivity contribution in [2.45, 2.75) is 19.9 Å². The summed E-state index contributed by atoms with van der Waals surface area (Å²) >= 11 is 0. The van der Waals surface area contributed by atoms with Gasteiger partial charge in [-0.15, -0.1) is 0 Å². The Morgan fingerprint density at radius 1 is 1.03 bits per heavy atom. The average Bonchev–Trinajstić information content (AvgIpc) is 2.81. The first kappa shape index (κ1) is 22.6. The number of ketones is 1. The summed E-state index contributed by atoms with van der Waals surface area (Å²) in [6.07, 6.45) is 2.42. The Labute approximate surface area is 191 Å². The minimum absolute atomic E-state index is 0.0812. The highest BCUT2D eigenvalue weighted by Crippen LogP contribution is 2.16. The van der Waals surface area contributed by atoms with Crippen LogP contribution >= 0.6 is 0 Å². The SMILES string of the molecule is CC(=O)c1cccc(NC(=O)Nc2ccc3ncn(CCCN4CCOCC4)c(=O)c3c2)c1. The number of amides is 2. The molecule has 172 valence electrons. The van der Waals surface area contributed by atoms with Crippen LogP contribution in [-0.4, -0.2) is 59.1 Å². The van der Waals surface area contributed by atoms with Crippen LogP contribution in [0.2, 0.25) is 0 Å². The van der Waals surface area contributed by atoms with Crippen LogP contribution in [0.4, 0.5) is 16.2 Å². The number of fused-ring (bicyclic) bond motifs is 1. The molecule has 1 saturated heterocycles. The maximum Gasteiger partial charge on any atom is 0.323 e. The van der Waals surface area contributed by atoms with Crippen molar-refractivity contribution < 1.29 is 14.3 Å². The maximum absolute atomic E-state index is 13.0. The number of aryl methyl sites for hydroxylation is 1. The number of hydrogen-bond donors (Lipinski definition) is 2. The zero-order valence-corrected chi connectivity index (χ0v) is 18.5. The molecule has 9 nitrogen and oxygen atoms in total. The van der Waals surface area contributed by atoms with Crippen molar-refractivity contribution in [3.63, 3.8) is 0 Å². The molecule has 0 aliphatic carbocycles. The third-order valence-corrected chi connectivity index (χ3v) is 5.59. The van der Waals surface area contributed by atoms with E-state index in [1.807, 2.05) is 0 Å². The zero-order chi connectivity index (χ0) is 23.2. The number of hydrogen-bond acceptors (Lipinski definition) is 6. The maximum atomic E-state index is 13.0. The van der Waals surface area contributed by atoms with Crippen LogP contribution in [0.1, 0.15) is 23.7 Å². The first-order valence-electron chi connectivity index (χ1n) is 11.0. The van der Waals surface area contributed by atoms with Crippen LogP contribution in [0.25, 0.3) is 10.9 Å². The number of rotatable bonds is 7. The summed E-state index contributed by atoms with van der Waals surface area (Å²) in [4.78, 5) is 43.6. The number of benzene rings is 2. The first-order chi connectivity index (χ1) is 16.0. The number of nitrogens with one attached hydrogen (secondary N) is 2. The first-order valence-corrected chi connectivity index (χ1v) is 11.0. The number of Topliss-reactive ketones (excluding diaryl/α,β-unsaturated/α-hetero) is 1. The molecule has 1 aliphatic rings. The number of nitrogens with zero attached hydrogens (tertiary/aromatic N) is 3. The van der Waals surface area contributed by atoms with Gasteiger partial charge in [-0.3, -0.25) is 19.1 Å². The second kappa shape index (κ2) is 10.4.